The lowest BCUT2D eigenvalue weighted by Crippen LogP contribution is -2.43. The van der Waals surface area contributed by atoms with E-state index in [1.54, 1.807) is 0 Å². The molecule has 94 valence electrons. The minimum Gasteiger partial charge on any atom is -0.459 e. The van der Waals surface area contributed by atoms with Crippen molar-refractivity contribution in [1.82, 2.24) is 5.32 Å². The lowest BCUT2D eigenvalue weighted by molar-refractivity contribution is -0.160. The van der Waals surface area contributed by atoms with Crippen LogP contribution >= 0.6 is 12.4 Å². The van der Waals surface area contributed by atoms with Crippen LogP contribution in [0.15, 0.2) is 30.3 Å². The molecule has 4 nitrogen and oxygen atoms in total. The highest BCUT2D eigenvalue weighted by atomic mass is 35.5. The summed E-state index contributed by atoms with van der Waals surface area (Å²) in [6, 6.07) is 9.61. The van der Waals surface area contributed by atoms with Crippen molar-refractivity contribution in [3.8, 4) is 0 Å². The van der Waals surface area contributed by atoms with Crippen LogP contribution in [0.4, 0.5) is 0 Å². The molecule has 0 aromatic heterocycles. The molecule has 1 N–H and O–H groups in total. The lowest BCUT2D eigenvalue weighted by Gasteiger charge is -2.21. The standard InChI is InChI=1S/C12H15NO3.ClH/c14-12(11-8-13-6-7-15-11)16-9-10-4-2-1-3-5-10;/h1-5,11,13H,6-9H2;1H. The second kappa shape index (κ2) is 7.27. The van der Waals surface area contributed by atoms with E-state index in [-0.39, 0.29) is 18.4 Å². The van der Waals surface area contributed by atoms with Gasteiger partial charge in [-0.2, -0.15) is 0 Å². The molecule has 5 heteroatoms. The second-order valence-electron chi connectivity index (χ2n) is 3.66. The van der Waals surface area contributed by atoms with Crippen molar-refractivity contribution < 1.29 is 14.3 Å². The zero-order valence-corrected chi connectivity index (χ0v) is 10.2. The number of esters is 1. The molecule has 1 saturated heterocycles. The molecule has 1 aliphatic heterocycles. The Bertz CT molecular complexity index is 339. The van der Waals surface area contributed by atoms with Gasteiger partial charge in [0.05, 0.1) is 6.61 Å². The molecule has 17 heavy (non-hydrogen) atoms. The van der Waals surface area contributed by atoms with Crippen molar-refractivity contribution in [3.05, 3.63) is 35.9 Å². The van der Waals surface area contributed by atoms with Crippen LogP contribution in [0.25, 0.3) is 0 Å². The van der Waals surface area contributed by atoms with Gasteiger partial charge in [-0.15, -0.1) is 12.4 Å². The van der Waals surface area contributed by atoms with Gasteiger partial charge in [-0.05, 0) is 5.56 Å². The maximum atomic E-state index is 11.6. The Morgan fingerprint density at radius 2 is 2.18 bits per heavy atom. The number of ether oxygens (including phenoxy) is 2. The Hall–Kier alpha value is -1.10. The number of hydrogen-bond donors (Lipinski definition) is 1. The third-order valence-corrected chi connectivity index (χ3v) is 2.41. The number of carbonyl (C=O) groups is 1. The summed E-state index contributed by atoms with van der Waals surface area (Å²) in [7, 11) is 0. The molecule has 1 aliphatic rings. The first-order chi connectivity index (χ1) is 7.86. The van der Waals surface area contributed by atoms with Gasteiger partial charge >= 0.3 is 5.97 Å². The van der Waals surface area contributed by atoms with Gasteiger partial charge in [0.15, 0.2) is 6.10 Å². The van der Waals surface area contributed by atoms with Crippen LogP contribution in [-0.2, 0) is 20.9 Å². The number of morpholine rings is 1. The molecule has 0 spiro atoms. The van der Waals surface area contributed by atoms with E-state index in [0.717, 1.165) is 12.1 Å². The Kier molecular flexibility index (Phi) is 5.97. The van der Waals surface area contributed by atoms with Crippen molar-refractivity contribution in [2.45, 2.75) is 12.7 Å². The molecule has 0 aliphatic carbocycles. The summed E-state index contributed by atoms with van der Waals surface area (Å²) in [5.41, 5.74) is 0.986. The molecule has 1 unspecified atom stereocenters. The van der Waals surface area contributed by atoms with Crippen molar-refractivity contribution in [2.24, 2.45) is 0 Å². The average Bonchev–Trinajstić information content (AvgIpc) is 2.38. The Morgan fingerprint density at radius 1 is 1.41 bits per heavy atom. The van der Waals surface area contributed by atoms with Crippen molar-refractivity contribution >= 4 is 18.4 Å². The average molecular weight is 258 g/mol. The molecule has 0 radical (unpaired) electrons. The highest BCUT2D eigenvalue weighted by Crippen LogP contribution is 2.04. The van der Waals surface area contributed by atoms with Crippen molar-refractivity contribution in [2.75, 3.05) is 19.7 Å². The minimum absolute atomic E-state index is 0. The fourth-order valence-electron chi connectivity index (χ4n) is 1.54. The van der Waals surface area contributed by atoms with E-state index in [0.29, 0.717) is 19.8 Å². The predicted octanol–water partition coefficient (Wildman–Crippen LogP) is 1.14. The molecular formula is C12H16ClNO3. The molecular weight excluding hydrogens is 242 g/mol. The van der Waals surface area contributed by atoms with Gasteiger partial charge in [0, 0.05) is 13.1 Å². The van der Waals surface area contributed by atoms with E-state index >= 15 is 0 Å². The zero-order valence-electron chi connectivity index (χ0n) is 9.43. The first-order valence-electron chi connectivity index (χ1n) is 5.39. The quantitative estimate of drug-likeness (QED) is 0.825. The third kappa shape index (κ3) is 4.34. The van der Waals surface area contributed by atoms with E-state index in [1.807, 2.05) is 30.3 Å². The summed E-state index contributed by atoms with van der Waals surface area (Å²) in [5.74, 6) is -0.295. The topological polar surface area (TPSA) is 47.6 Å². The van der Waals surface area contributed by atoms with Crippen LogP contribution in [0.1, 0.15) is 5.56 Å². The molecule has 0 amide bonds. The van der Waals surface area contributed by atoms with E-state index in [1.165, 1.54) is 0 Å². The minimum atomic E-state index is -0.461. The lowest BCUT2D eigenvalue weighted by atomic mass is 10.2. The molecule has 0 saturated carbocycles. The van der Waals surface area contributed by atoms with Crippen molar-refractivity contribution in [1.29, 1.82) is 0 Å². The van der Waals surface area contributed by atoms with E-state index in [2.05, 4.69) is 5.32 Å². The number of hydrogen-bond acceptors (Lipinski definition) is 4. The summed E-state index contributed by atoms with van der Waals surface area (Å²) in [5, 5.41) is 3.09. The van der Waals surface area contributed by atoms with Gasteiger partial charge in [0.2, 0.25) is 0 Å². The molecule has 1 fully saturated rings. The van der Waals surface area contributed by atoms with Crippen LogP contribution in [0, 0.1) is 0 Å². The van der Waals surface area contributed by atoms with Crippen LogP contribution < -0.4 is 5.32 Å². The fraction of sp³-hybridized carbons (Fsp3) is 0.417. The van der Waals surface area contributed by atoms with Gasteiger partial charge in [-0.3, -0.25) is 0 Å². The molecule has 2 rings (SSSR count). The monoisotopic (exact) mass is 257 g/mol. The fourth-order valence-corrected chi connectivity index (χ4v) is 1.54. The Labute approximate surface area is 107 Å². The normalized spacial score (nSPS) is 19.2. The Morgan fingerprint density at radius 3 is 2.82 bits per heavy atom. The SMILES string of the molecule is Cl.O=C(OCc1ccccc1)C1CNCCO1. The van der Waals surface area contributed by atoms with Crippen LogP contribution in [-0.4, -0.2) is 31.8 Å². The number of rotatable bonds is 3. The molecule has 1 aromatic rings. The van der Waals surface area contributed by atoms with Crippen LogP contribution in [0.5, 0.6) is 0 Å². The Balaban J connectivity index is 0.00000144. The second-order valence-corrected chi connectivity index (χ2v) is 3.66. The summed E-state index contributed by atoms with van der Waals surface area (Å²) < 4.78 is 10.5. The summed E-state index contributed by atoms with van der Waals surface area (Å²) in [4.78, 5) is 11.6. The third-order valence-electron chi connectivity index (χ3n) is 2.41. The van der Waals surface area contributed by atoms with Gasteiger partial charge < -0.3 is 14.8 Å². The first-order valence-corrected chi connectivity index (χ1v) is 5.39. The number of benzene rings is 1. The molecule has 0 bridgehead atoms. The molecule has 1 atom stereocenters. The first kappa shape index (κ1) is 14.0. The maximum Gasteiger partial charge on any atom is 0.336 e. The van der Waals surface area contributed by atoms with E-state index < -0.39 is 6.10 Å². The molecule has 1 heterocycles. The van der Waals surface area contributed by atoms with Crippen LogP contribution in [0.2, 0.25) is 0 Å². The molecule has 1 aromatic carbocycles. The highest BCUT2D eigenvalue weighted by Gasteiger charge is 2.22. The van der Waals surface area contributed by atoms with Crippen molar-refractivity contribution in [3.63, 3.8) is 0 Å². The summed E-state index contributed by atoms with van der Waals surface area (Å²) in [6.45, 7) is 2.20. The number of halogens is 1. The van der Waals surface area contributed by atoms with Crippen LogP contribution in [0.3, 0.4) is 0 Å². The highest BCUT2D eigenvalue weighted by molar-refractivity contribution is 5.85. The zero-order chi connectivity index (χ0) is 11.2. The van der Waals surface area contributed by atoms with Gasteiger partial charge in [0.1, 0.15) is 6.61 Å². The smallest absolute Gasteiger partial charge is 0.336 e. The number of nitrogens with one attached hydrogen (secondary N) is 1. The number of carbonyl (C=O) groups excluding carboxylic acids is 1. The predicted molar refractivity (Wildman–Crippen MR) is 66.1 cm³/mol. The van der Waals surface area contributed by atoms with Gasteiger partial charge in [-0.25, -0.2) is 4.79 Å². The van der Waals surface area contributed by atoms with Gasteiger partial charge in [0.25, 0.3) is 0 Å². The summed E-state index contributed by atoms with van der Waals surface area (Å²) in [6.07, 6.45) is -0.461. The summed E-state index contributed by atoms with van der Waals surface area (Å²) >= 11 is 0. The van der Waals surface area contributed by atoms with Gasteiger partial charge in [-0.1, -0.05) is 30.3 Å². The maximum absolute atomic E-state index is 11.6. The van der Waals surface area contributed by atoms with E-state index in [4.69, 9.17) is 9.47 Å². The van der Waals surface area contributed by atoms with E-state index in [9.17, 15) is 4.79 Å². The largest absolute Gasteiger partial charge is 0.459 e.